The molecular weight excluding hydrogens is 232 g/mol. The molecule has 1 heterocycles. The first-order valence-electron chi connectivity index (χ1n) is 5.65. The third-order valence-corrected chi connectivity index (χ3v) is 2.79. The van der Waals surface area contributed by atoms with Gasteiger partial charge in [0.2, 0.25) is 0 Å². The number of rotatable bonds is 4. The molecular formula is C13H13N2O3-. The number of aromatic nitrogens is 2. The molecule has 94 valence electrons. The van der Waals surface area contributed by atoms with Gasteiger partial charge in [0, 0.05) is 17.2 Å². The van der Waals surface area contributed by atoms with Gasteiger partial charge in [-0.1, -0.05) is 18.2 Å². The number of hydrogen-bond acceptors (Lipinski definition) is 3. The molecule has 1 N–H and O–H groups in total. The molecule has 2 aromatic rings. The molecule has 0 radical (unpaired) electrons. The summed E-state index contributed by atoms with van der Waals surface area (Å²) >= 11 is 0. The van der Waals surface area contributed by atoms with E-state index in [0.29, 0.717) is 11.3 Å². The van der Waals surface area contributed by atoms with Gasteiger partial charge < -0.3 is 9.90 Å². The van der Waals surface area contributed by atoms with Crippen LogP contribution in [-0.4, -0.2) is 15.7 Å². The van der Waals surface area contributed by atoms with E-state index < -0.39 is 5.97 Å². The second-order valence-corrected chi connectivity index (χ2v) is 4.06. The number of nitrogens with zero attached hydrogens (tertiary/aromatic N) is 1. The lowest BCUT2D eigenvalue weighted by molar-refractivity contribution is -0.305. The summed E-state index contributed by atoms with van der Waals surface area (Å²) in [5.41, 5.74) is 1.69. The number of carboxylic acid groups (broad SMARTS) is 1. The smallest absolute Gasteiger partial charge is 0.274 e. The SMILES string of the molecule is Cc1[nH]n(-c2ccccc2)c(=O)c1CCC(=O)[O-]. The van der Waals surface area contributed by atoms with Gasteiger partial charge in [-0.3, -0.25) is 9.89 Å². The van der Waals surface area contributed by atoms with Crippen molar-refractivity contribution in [3.8, 4) is 5.69 Å². The van der Waals surface area contributed by atoms with Gasteiger partial charge >= 0.3 is 0 Å². The average molecular weight is 245 g/mol. The number of carboxylic acids is 1. The lowest BCUT2D eigenvalue weighted by atomic mass is 10.1. The standard InChI is InChI=1S/C13H14N2O3/c1-9-11(7-8-12(16)17)13(18)15(14-9)10-5-3-2-4-6-10/h2-6,14H,7-8H2,1H3,(H,16,17)/p-1. The van der Waals surface area contributed by atoms with Crippen molar-refractivity contribution in [3.63, 3.8) is 0 Å². The first-order chi connectivity index (χ1) is 8.59. The average Bonchev–Trinajstić information content (AvgIpc) is 2.63. The van der Waals surface area contributed by atoms with Gasteiger partial charge in [-0.2, -0.15) is 0 Å². The zero-order valence-electron chi connectivity index (χ0n) is 9.97. The molecule has 0 saturated carbocycles. The minimum Gasteiger partial charge on any atom is -0.550 e. The van der Waals surface area contributed by atoms with Crippen LogP contribution in [0.3, 0.4) is 0 Å². The van der Waals surface area contributed by atoms with Crippen molar-refractivity contribution >= 4 is 5.97 Å². The molecule has 0 aliphatic rings. The number of hydrogen-bond donors (Lipinski definition) is 1. The van der Waals surface area contributed by atoms with Crippen molar-refractivity contribution in [1.82, 2.24) is 9.78 Å². The zero-order valence-corrected chi connectivity index (χ0v) is 9.97. The monoisotopic (exact) mass is 245 g/mol. The highest BCUT2D eigenvalue weighted by molar-refractivity contribution is 5.64. The predicted octanol–water partition coefficient (Wildman–Crippen LogP) is 0.157. The quantitative estimate of drug-likeness (QED) is 0.833. The number of aromatic amines is 1. The third kappa shape index (κ3) is 2.34. The number of H-pyrrole nitrogens is 1. The first-order valence-corrected chi connectivity index (χ1v) is 5.65. The van der Waals surface area contributed by atoms with Crippen LogP contribution in [0.2, 0.25) is 0 Å². The molecule has 0 aliphatic carbocycles. The number of aryl methyl sites for hydroxylation is 1. The van der Waals surface area contributed by atoms with E-state index in [4.69, 9.17) is 0 Å². The highest BCUT2D eigenvalue weighted by Crippen LogP contribution is 2.08. The Morgan fingerprint density at radius 1 is 1.33 bits per heavy atom. The maximum absolute atomic E-state index is 12.1. The molecule has 0 saturated heterocycles. The van der Waals surface area contributed by atoms with Gasteiger partial charge in [-0.15, -0.1) is 0 Å². The summed E-state index contributed by atoms with van der Waals surface area (Å²) in [6.45, 7) is 1.76. The highest BCUT2D eigenvalue weighted by Gasteiger charge is 2.11. The maximum Gasteiger partial charge on any atom is 0.274 e. The van der Waals surface area contributed by atoms with Crippen LogP contribution in [0.4, 0.5) is 0 Å². The Morgan fingerprint density at radius 3 is 2.61 bits per heavy atom. The Hall–Kier alpha value is -2.30. The summed E-state index contributed by atoms with van der Waals surface area (Å²) in [7, 11) is 0. The number of carbonyl (C=O) groups excluding carboxylic acids is 1. The molecule has 1 aromatic carbocycles. The van der Waals surface area contributed by atoms with E-state index in [9.17, 15) is 14.7 Å². The Kier molecular flexibility index (Phi) is 3.32. The highest BCUT2D eigenvalue weighted by atomic mass is 16.4. The molecule has 0 amide bonds. The fraction of sp³-hybridized carbons (Fsp3) is 0.231. The van der Waals surface area contributed by atoms with Gasteiger partial charge in [0.15, 0.2) is 0 Å². The van der Waals surface area contributed by atoms with Crippen molar-refractivity contribution in [3.05, 3.63) is 51.9 Å². The van der Waals surface area contributed by atoms with Crippen LogP contribution in [-0.2, 0) is 11.2 Å². The number of benzene rings is 1. The largest absolute Gasteiger partial charge is 0.550 e. The van der Waals surface area contributed by atoms with Crippen molar-refractivity contribution < 1.29 is 9.90 Å². The van der Waals surface area contributed by atoms with Crippen molar-refractivity contribution in [2.45, 2.75) is 19.8 Å². The summed E-state index contributed by atoms with van der Waals surface area (Å²) in [5, 5.41) is 13.4. The Balaban J connectivity index is 2.38. The molecule has 0 spiro atoms. The Morgan fingerprint density at radius 2 is 2.00 bits per heavy atom. The maximum atomic E-state index is 12.1. The van der Waals surface area contributed by atoms with Gasteiger partial charge in [-0.25, -0.2) is 4.68 Å². The number of nitrogens with one attached hydrogen (secondary N) is 1. The number of carbonyl (C=O) groups is 1. The van der Waals surface area contributed by atoms with E-state index in [2.05, 4.69) is 5.10 Å². The van der Waals surface area contributed by atoms with Crippen LogP contribution >= 0.6 is 0 Å². The molecule has 2 rings (SSSR count). The predicted molar refractivity (Wildman–Crippen MR) is 64.5 cm³/mol. The van der Waals surface area contributed by atoms with Crippen LogP contribution in [0.5, 0.6) is 0 Å². The van der Waals surface area contributed by atoms with Gasteiger partial charge in [0.25, 0.3) is 5.56 Å². The van der Waals surface area contributed by atoms with Gasteiger partial charge in [0.05, 0.1) is 5.69 Å². The molecule has 5 nitrogen and oxygen atoms in total. The minimum atomic E-state index is -1.15. The van der Waals surface area contributed by atoms with E-state index in [1.165, 1.54) is 4.68 Å². The summed E-state index contributed by atoms with van der Waals surface area (Å²) in [6.07, 6.45) is 0.0338. The van der Waals surface area contributed by atoms with E-state index in [1.807, 2.05) is 18.2 Å². The summed E-state index contributed by atoms with van der Waals surface area (Å²) in [5.74, 6) is -1.15. The van der Waals surface area contributed by atoms with Gasteiger partial charge in [-0.05, 0) is 31.9 Å². The van der Waals surface area contributed by atoms with E-state index in [0.717, 1.165) is 5.69 Å². The molecule has 1 aromatic heterocycles. The molecule has 5 heteroatoms. The van der Waals surface area contributed by atoms with Crippen molar-refractivity contribution in [1.29, 1.82) is 0 Å². The number of aliphatic carboxylic acids is 1. The lowest BCUT2D eigenvalue weighted by Gasteiger charge is -2.00. The molecule has 18 heavy (non-hydrogen) atoms. The van der Waals surface area contributed by atoms with Crippen LogP contribution in [0.15, 0.2) is 35.1 Å². The fourth-order valence-electron chi connectivity index (χ4n) is 1.86. The second-order valence-electron chi connectivity index (χ2n) is 4.06. The first kappa shape index (κ1) is 12.2. The summed E-state index contributed by atoms with van der Waals surface area (Å²) < 4.78 is 1.42. The van der Waals surface area contributed by atoms with E-state index in [-0.39, 0.29) is 18.4 Å². The van der Waals surface area contributed by atoms with Crippen molar-refractivity contribution in [2.24, 2.45) is 0 Å². The lowest BCUT2D eigenvalue weighted by Crippen LogP contribution is -2.24. The van der Waals surface area contributed by atoms with E-state index >= 15 is 0 Å². The van der Waals surface area contributed by atoms with Crippen LogP contribution in [0, 0.1) is 6.92 Å². The molecule has 0 unspecified atom stereocenters. The van der Waals surface area contributed by atoms with Crippen LogP contribution in [0.25, 0.3) is 5.69 Å². The Labute approximate surface area is 104 Å². The van der Waals surface area contributed by atoms with E-state index in [1.54, 1.807) is 19.1 Å². The zero-order chi connectivity index (χ0) is 13.1. The number of para-hydroxylation sites is 1. The fourth-order valence-corrected chi connectivity index (χ4v) is 1.86. The molecule has 0 fully saturated rings. The third-order valence-electron chi connectivity index (χ3n) is 2.79. The Bertz CT molecular complexity index is 611. The molecule has 0 aliphatic heterocycles. The second kappa shape index (κ2) is 4.91. The summed E-state index contributed by atoms with van der Waals surface area (Å²) in [4.78, 5) is 22.6. The normalized spacial score (nSPS) is 10.5. The molecule has 0 bridgehead atoms. The van der Waals surface area contributed by atoms with Crippen LogP contribution in [0.1, 0.15) is 17.7 Å². The topological polar surface area (TPSA) is 77.9 Å². The summed E-state index contributed by atoms with van der Waals surface area (Å²) in [6, 6.07) is 9.14. The van der Waals surface area contributed by atoms with Gasteiger partial charge in [0.1, 0.15) is 0 Å². The minimum absolute atomic E-state index is 0.150. The van der Waals surface area contributed by atoms with Crippen molar-refractivity contribution in [2.75, 3.05) is 0 Å². The van der Waals surface area contributed by atoms with Crippen LogP contribution < -0.4 is 10.7 Å². The molecule has 0 atom stereocenters.